The molecular formula is C24H22N4O2S. The van der Waals surface area contributed by atoms with E-state index in [4.69, 9.17) is 0 Å². The van der Waals surface area contributed by atoms with Crippen LogP contribution >= 0.6 is 11.8 Å². The number of carbonyl (C=O) groups is 1. The highest BCUT2D eigenvalue weighted by Crippen LogP contribution is 2.30. The van der Waals surface area contributed by atoms with Crippen LogP contribution < -0.4 is 5.32 Å². The number of phenols is 1. The van der Waals surface area contributed by atoms with Crippen molar-refractivity contribution in [1.82, 2.24) is 14.8 Å². The number of aromatic nitrogens is 3. The summed E-state index contributed by atoms with van der Waals surface area (Å²) in [6, 6.07) is 26.6. The van der Waals surface area contributed by atoms with Crippen LogP contribution in [0.2, 0.25) is 0 Å². The summed E-state index contributed by atoms with van der Waals surface area (Å²) < 4.78 is 1.96. The number of nitrogens with one attached hydrogen (secondary N) is 1. The standard InChI is InChI=1S/C24H22N4O2S/c29-21-14-8-7-13-20(21)23-26-27-24(28(23)16-15-18-9-3-1-4-10-18)31-17-22(30)25-19-11-5-2-6-12-19/h1-14,29H,15-17H2,(H,25,30). The molecule has 0 unspecified atom stereocenters. The SMILES string of the molecule is O=C(CSc1nnc(-c2ccccc2O)n1CCc1ccccc1)Nc1ccccc1. The van der Waals surface area contributed by atoms with Crippen molar-refractivity contribution in [1.29, 1.82) is 0 Å². The number of aryl methyl sites for hydroxylation is 1. The van der Waals surface area contributed by atoms with Gasteiger partial charge in [0.15, 0.2) is 11.0 Å². The van der Waals surface area contributed by atoms with Crippen LogP contribution in [0, 0.1) is 0 Å². The molecule has 1 aromatic heterocycles. The van der Waals surface area contributed by atoms with E-state index < -0.39 is 0 Å². The zero-order chi connectivity index (χ0) is 21.5. The Bertz CT molecular complexity index is 1150. The third-order valence-corrected chi connectivity index (χ3v) is 5.69. The summed E-state index contributed by atoms with van der Waals surface area (Å²) >= 11 is 1.33. The van der Waals surface area contributed by atoms with E-state index in [-0.39, 0.29) is 17.4 Å². The molecule has 0 spiro atoms. The van der Waals surface area contributed by atoms with Crippen LogP contribution in [-0.4, -0.2) is 31.5 Å². The first kappa shape index (κ1) is 20.7. The van der Waals surface area contributed by atoms with Crippen molar-refractivity contribution in [2.45, 2.75) is 18.1 Å². The Hall–Kier alpha value is -3.58. The van der Waals surface area contributed by atoms with Crippen molar-refractivity contribution >= 4 is 23.4 Å². The van der Waals surface area contributed by atoms with Gasteiger partial charge in [-0.3, -0.25) is 4.79 Å². The molecule has 0 saturated heterocycles. The monoisotopic (exact) mass is 430 g/mol. The number of benzene rings is 3. The predicted molar refractivity (Wildman–Crippen MR) is 123 cm³/mol. The van der Waals surface area contributed by atoms with Gasteiger partial charge in [0.25, 0.3) is 0 Å². The highest BCUT2D eigenvalue weighted by Gasteiger charge is 2.18. The molecule has 3 aromatic carbocycles. The lowest BCUT2D eigenvalue weighted by Crippen LogP contribution is -2.14. The number of phenolic OH excluding ortho intramolecular Hbond substituents is 1. The molecule has 0 fully saturated rings. The summed E-state index contributed by atoms with van der Waals surface area (Å²) in [6.45, 7) is 0.628. The van der Waals surface area contributed by atoms with Crippen molar-refractivity contribution in [3.63, 3.8) is 0 Å². The molecular weight excluding hydrogens is 408 g/mol. The van der Waals surface area contributed by atoms with E-state index in [2.05, 4.69) is 27.6 Å². The van der Waals surface area contributed by atoms with Crippen molar-refractivity contribution < 1.29 is 9.90 Å². The first-order chi connectivity index (χ1) is 15.2. The number of hydrogen-bond donors (Lipinski definition) is 2. The molecule has 4 rings (SSSR count). The summed E-state index contributed by atoms with van der Waals surface area (Å²) in [5.41, 5.74) is 2.56. The van der Waals surface area contributed by atoms with Gasteiger partial charge in [0.1, 0.15) is 5.75 Å². The zero-order valence-electron chi connectivity index (χ0n) is 16.8. The summed E-state index contributed by atoms with van der Waals surface area (Å²) in [5, 5.41) is 22.5. The Morgan fingerprint density at radius 2 is 1.58 bits per heavy atom. The summed E-state index contributed by atoms with van der Waals surface area (Å²) in [7, 11) is 0. The molecule has 0 aliphatic rings. The molecule has 31 heavy (non-hydrogen) atoms. The summed E-state index contributed by atoms with van der Waals surface area (Å²) in [5.74, 6) is 0.825. The van der Waals surface area contributed by atoms with Crippen LogP contribution in [0.1, 0.15) is 5.56 Å². The Labute approximate surface area is 185 Å². The number of para-hydroxylation sites is 2. The third-order valence-electron chi connectivity index (χ3n) is 4.72. The molecule has 0 bridgehead atoms. The average molecular weight is 431 g/mol. The number of amides is 1. The smallest absolute Gasteiger partial charge is 0.234 e. The van der Waals surface area contributed by atoms with Crippen LogP contribution in [-0.2, 0) is 17.8 Å². The quantitative estimate of drug-likeness (QED) is 0.399. The molecule has 156 valence electrons. The Kier molecular flexibility index (Phi) is 6.64. The van der Waals surface area contributed by atoms with Gasteiger partial charge in [-0.25, -0.2) is 0 Å². The first-order valence-electron chi connectivity index (χ1n) is 9.94. The van der Waals surface area contributed by atoms with Gasteiger partial charge >= 0.3 is 0 Å². The minimum Gasteiger partial charge on any atom is -0.507 e. The van der Waals surface area contributed by atoms with Gasteiger partial charge in [0, 0.05) is 12.2 Å². The number of aromatic hydroxyl groups is 1. The maximum absolute atomic E-state index is 12.4. The topological polar surface area (TPSA) is 80.0 Å². The largest absolute Gasteiger partial charge is 0.507 e. The van der Waals surface area contributed by atoms with E-state index in [9.17, 15) is 9.90 Å². The highest BCUT2D eigenvalue weighted by molar-refractivity contribution is 7.99. The molecule has 0 atom stereocenters. The molecule has 0 saturated carbocycles. The number of nitrogens with zero attached hydrogens (tertiary/aromatic N) is 3. The van der Waals surface area contributed by atoms with Gasteiger partial charge in [-0.05, 0) is 36.2 Å². The van der Waals surface area contributed by atoms with Crippen LogP contribution in [0.3, 0.4) is 0 Å². The molecule has 0 aliphatic carbocycles. The van der Waals surface area contributed by atoms with Gasteiger partial charge in [-0.2, -0.15) is 0 Å². The van der Waals surface area contributed by atoms with E-state index in [0.29, 0.717) is 23.1 Å². The summed E-state index contributed by atoms with van der Waals surface area (Å²) in [6.07, 6.45) is 0.781. The minimum atomic E-state index is -0.113. The van der Waals surface area contributed by atoms with Crippen molar-refractivity contribution in [3.8, 4) is 17.1 Å². The number of thioether (sulfide) groups is 1. The van der Waals surface area contributed by atoms with Crippen molar-refractivity contribution in [2.24, 2.45) is 0 Å². The Balaban J connectivity index is 1.53. The summed E-state index contributed by atoms with van der Waals surface area (Å²) in [4.78, 5) is 12.4. The zero-order valence-corrected chi connectivity index (χ0v) is 17.6. The first-order valence-corrected chi connectivity index (χ1v) is 10.9. The Morgan fingerprint density at radius 1 is 0.903 bits per heavy atom. The molecule has 7 heteroatoms. The lowest BCUT2D eigenvalue weighted by molar-refractivity contribution is -0.113. The molecule has 0 aliphatic heterocycles. The van der Waals surface area contributed by atoms with E-state index >= 15 is 0 Å². The molecule has 6 nitrogen and oxygen atoms in total. The maximum Gasteiger partial charge on any atom is 0.234 e. The number of carbonyl (C=O) groups excluding carboxylic acids is 1. The number of rotatable bonds is 8. The predicted octanol–water partition coefficient (Wildman–Crippen LogP) is 4.62. The van der Waals surface area contributed by atoms with Gasteiger partial charge in [-0.1, -0.05) is 72.4 Å². The van der Waals surface area contributed by atoms with Gasteiger partial charge in [0.05, 0.1) is 11.3 Å². The van der Waals surface area contributed by atoms with E-state index in [0.717, 1.165) is 12.1 Å². The fourth-order valence-corrected chi connectivity index (χ4v) is 3.96. The fourth-order valence-electron chi connectivity index (χ4n) is 3.19. The van der Waals surface area contributed by atoms with Gasteiger partial charge < -0.3 is 15.0 Å². The normalized spacial score (nSPS) is 10.7. The van der Waals surface area contributed by atoms with Crippen LogP contribution in [0.25, 0.3) is 11.4 Å². The maximum atomic E-state index is 12.4. The van der Waals surface area contributed by atoms with Crippen molar-refractivity contribution in [2.75, 3.05) is 11.1 Å². The Morgan fingerprint density at radius 3 is 2.32 bits per heavy atom. The van der Waals surface area contributed by atoms with Crippen molar-refractivity contribution in [3.05, 3.63) is 90.5 Å². The van der Waals surface area contributed by atoms with Gasteiger partial charge in [-0.15, -0.1) is 10.2 Å². The average Bonchev–Trinajstić information content (AvgIpc) is 3.20. The second-order valence-electron chi connectivity index (χ2n) is 6.91. The highest BCUT2D eigenvalue weighted by atomic mass is 32.2. The third kappa shape index (κ3) is 5.32. The van der Waals surface area contributed by atoms with E-state index in [1.807, 2.05) is 65.2 Å². The molecule has 2 N–H and O–H groups in total. The second-order valence-corrected chi connectivity index (χ2v) is 7.86. The minimum absolute atomic E-state index is 0.113. The molecule has 1 amide bonds. The van der Waals surface area contributed by atoms with Crippen LogP contribution in [0.4, 0.5) is 5.69 Å². The van der Waals surface area contributed by atoms with E-state index in [1.165, 1.54) is 17.3 Å². The van der Waals surface area contributed by atoms with E-state index in [1.54, 1.807) is 12.1 Å². The molecule has 4 aromatic rings. The lowest BCUT2D eigenvalue weighted by Gasteiger charge is -2.11. The lowest BCUT2D eigenvalue weighted by atomic mass is 10.1. The van der Waals surface area contributed by atoms with Gasteiger partial charge in [0.2, 0.25) is 5.91 Å². The number of hydrogen-bond acceptors (Lipinski definition) is 5. The number of anilines is 1. The second kappa shape index (κ2) is 9.95. The van der Waals surface area contributed by atoms with Crippen LogP contribution in [0.15, 0.2) is 90.1 Å². The molecule has 1 heterocycles. The molecule has 0 radical (unpaired) electrons. The van der Waals surface area contributed by atoms with Crippen LogP contribution in [0.5, 0.6) is 5.75 Å². The fraction of sp³-hybridized carbons (Fsp3) is 0.125.